The molecule has 0 radical (unpaired) electrons. The highest BCUT2D eigenvalue weighted by Crippen LogP contribution is 2.44. The molecular weight excluding hydrogens is 485 g/mol. The van der Waals surface area contributed by atoms with Crippen molar-refractivity contribution >= 4 is 38.0 Å². The zero-order chi connectivity index (χ0) is 24.0. The van der Waals surface area contributed by atoms with E-state index in [4.69, 9.17) is 11.6 Å². The van der Waals surface area contributed by atoms with E-state index in [0.717, 1.165) is 24.6 Å². The van der Waals surface area contributed by atoms with Gasteiger partial charge in [0.1, 0.15) is 22.3 Å². The number of hydrogen-bond acceptors (Lipinski definition) is 4. The van der Waals surface area contributed by atoms with Crippen molar-refractivity contribution in [3.63, 3.8) is 0 Å². The van der Waals surface area contributed by atoms with Gasteiger partial charge in [-0.25, -0.2) is 21.6 Å². The summed E-state index contributed by atoms with van der Waals surface area (Å²) in [5.74, 6) is -1.63. The van der Waals surface area contributed by atoms with E-state index in [0.29, 0.717) is 29.6 Å². The summed E-state index contributed by atoms with van der Waals surface area (Å²) in [6.45, 7) is 0.504. The van der Waals surface area contributed by atoms with Gasteiger partial charge in [-0.1, -0.05) is 23.7 Å². The fourth-order valence-electron chi connectivity index (χ4n) is 4.49. The van der Waals surface area contributed by atoms with E-state index in [1.165, 1.54) is 36.5 Å². The molecule has 0 unspecified atom stereocenters. The molecule has 4 aromatic rings. The number of fused-ring (bicyclic) bond motifs is 1. The molecule has 9 heteroatoms. The molecule has 1 aromatic heterocycles. The lowest BCUT2D eigenvalue weighted by Crippen LogP contribution is -2.25. The molecule has 174 valence electrons. The number of nitrogens with zero attached hydrogens (tertiary/aromatic N) is 2. The van der Waals surface area contributed by atoms with E-state index in [1.54, 1.807) is 12.1 Å². The molecule has 1 aliphatic heterocycles. The van der Waals surface area contributed by atoms with E-state index in [2.05, 4.69) is 4.98 Å². The van der Waals surface area contributed by atoms with Crippen LogP contribution in [-0.2, 0) is 9.84 Å². The van der Waals surface area contributed by atoms with E-state index >= 15 is 0 Å². The maximum atomic E-state index is 14.0. The zero-order valence-corrected chi connectivity index (χ0v) is 19.3. The summed E-state index contributed by atoms with van der Waals surface area (Å²) in [5.41, 5.74) is 1.34. The Bertz CT molecular complexity index is 1530. The van der Waals surface area contributed by atoms with E-state index in [-0.39, 0.29) is 32.2 Å². The van der Waals surface area contributed by atoms with Crippen LogP contribution in [-0.4, -0.2) is 19.9 Å². The quantitative estimate of drug-likeness (QED) is 0.300. The smallest absolute Gasteiger partial charge is 0.210 e. The molecule has 0 N–H and O–H groups in total. The average Bonchev–Trinajstić information content (AvgIpc) is 3.29. The number of pyridine rings is 1. The maximum absolute atomic E-state index is 14.0. The molecule has 2 heterocycles. The van der Waals surface area contributed by atoms with Crippen LogP contribution in [0.2, 0.25) is 5.02 Å². The van der Waals surface area contributed by atoms with Crippen molar-refractivity contribution in [3.8, 4) is 0 Å². The molecule has 1 atom stereocenters. The second-order valence-electron chi connectivity index (χ2n) is 8.12. The third-order valence-corrected chi connectivity index (χ3v) is 8.08. The van der Waals surface area contributed by atoms with Crippen LogP contribution in [0.4, 0.5) is 18.9 Å². The first-order valence-corrected chi connectivity index (χ1v) is 12.4. The van der Waals surface area contributed by atoms with Gasteiger partial charge in [-0.3, -0.25) is 4.98 Å². The van der Waals surface area contributed by atoms with E-state index in [1.807, 2.05) is 4.90 Å². The molecule has 3 aromatic carbocycles. The lowest BCUT2D eigenvalue weighted by molar-refractivity contribution is 0.593. The Morgan fingerprint density at radius 2 is 1.76 bits per heavy atom. The molecule has 34 heavy (non-hydrogen) atoms. The van der Waals surface area contributed by atoms with Crippen molar-refractivity contribution in [1.82, 2.24) is 4.98 Å². The lowest BCUT2D eigenvalue weighted by atomic mass is 10.0. The van der Waals surface area contributed by atoms with Gasteiger partial charge in [-0.05, 0) is 60.9 Å². The normalized spacial score (nSPS) is 16.4. The van der Waals surface area contributed by atoms with Gasteiger partial charge in [0.15, 0.2) is 0 Å². The van der Waals surface area contributed by atoms with Crippen molar-refractivity contribution in [1.29, 1.82) is 0 Å². The van der Waals surface area contributed by atoms with Gasteiger partial charge in [0.2, 0.25) is 9.84 Å². The summed E-state index contributed by atoms with van der Waals surface area (Å²) in [5, 5.41) is 0.122. The topological polar surface area (TPSA) is 50.3 Å². The van der Waals surface area contributed by atoms with Crippen LogP contribution < -0.4 is 4.90 Å². The molecule has 0 aliphatic carbocycles. The summed E-state index contributed by atoms with van der Waals surface area (Å²) in [6, 6.07) is 13.0. The predicted molar refractivity (Wildman–Crippen MR) is 124 cm³/mol. The van der Waals surface area contributed by atoms with Gasteiger partial charge in [0, 0.05) is 24.2 Å². The molecule has 1 fully saturated rings. The Labute approximate surface area is 199 Å². The van der Waals surface area contributed by atoms with Gasteiger partial charge in [-0.2, -0.15) is 0 Å². The third-order valence-electron chi connectivity index (χ3n) is 6.03. The Hall–Kier alpha value is -3.10. The maximum Gasteiger partial charge on any atom is 0.210 e. The Balaban J connectivity index is 1.76. The second kappa shape index (κ2) is 8.60. The highest BCUT2D eigenvalue weighted by molar-refractivity contribution is 7.91. The summed E-state index contributed by atoms with van der Waals surface area (Å²) < 4.78 is 69.1. The number of anilines is 1. The molecule has 1 aliphatic rings. The standard InChI is InChI=1S/C25H18ClF3N2O2S/c26-20-13-18(7-9-21(20)29)34(32,33)24-14-30-22-12-17(28)6-8-19(22)25(24)31-10-2-5-23(31)15-3-1-4-16(27)11-15/h1,3-4,6-9,11-14,23H,2,5,10H2/t23-/m1/s1. The number of halogens is 4. The first-order chi connectivity index (χ1) is 16.3. The van der Waals surface area contributed by atoms with Gasteiger partial charge in [-0.15, -0.1) is 0 Å². The van der Waals surface area contributed by atoms with Crippen LogP contribution in [0.25, 0.3) is 10.9 Å². The molecule has 0 bridgehead atoms. The molecule has 0 amide bonds. The molecule has 0 saturated carbocycles. The second-order valence-corrected chi connectivity index (χ2v) is 10.4. The van der Waals surface area contributed by atoms with Crippen LogP contribution in [0.5, 0.6) is 0 Å². The van der Waals surface area contributed by atoms with E-state index in [9.17, 15) is 21.6 Å². The third kappa shape index (κ3) is 3.91. The number of hydrogen-bond donors (Lipinski definition) is 0. The lowest BCUT2D eigenvalue weighted by Gasteiger charge is -2.30. The first kappa shape index (κ1) is 22.7. The van der Waals surface area contributed by atoms with Crippen LogP contribution in [0.3, 0.4) is 0 Å². The average molecular weight is 503 g/mol. The monoisotopic (exact) mass is 502 g/mol. The Kier molecular flexibility index (Phi) is 5.73. The van der Waals surface area contributed by atoms with Crippen molar-refractivity contribution in [2.45, 2.75) is 28.7 Å². The molecular formula is C25H18ClF3N2O2S. The molecule has 4 nitrogen and oxygen atoms in total. The van der Waals surface area contributed by atoms with Crippen LogP contribution in [0.1, 0.15) is 24.4 Å². The SMILES string of the molecule is O=S(=O)(c1ccc(F)c(Cl)c1)c1cnc2cc(F)ccc2c1N1CCC[C@@H]1c1cccc(F)c1. The highest BCUT2D eigenvalue weighted by atomic mass is 35.5. The number of rotatable bonds is 4. The summed E-state index contributed by atoms with van der Waals surface area (Å²) >= 11 is 5.86. The van der Waals surface area contributed by atoms with Crippen LogP contribution in [0.15, 0.2) is 76.7 Å². The minimum atomic E-state index is -4.18. The van der Waals surface area contributed by atoms with Crippen LogP contribution >= 0.6 is 11.6 Å². The van der Waals surface area contributed by atoms with Crippen molar-refractivity contribution in [2.24, 2.45) is 0 Å². The Morgan fingerprint density at radius 3 is 2.53 bits per heavy atom. The van der Waals surface area contributed by atoms with Gasteiger partial charge in [0.25, 0.3) is 0 Å². The summed E-state index contributed by atoms with van der Waals surface area (Å²) in [4.78, 5) is 5.80. The number of benzene rings is 3. The van der Waals surface area contributed by atoms with Gasteiger partial charge < -0.3 is 4.90 Å². The van der Waals surface area contributed by atoms with Gasteiger partial charge >= 0.3 is 0 Å². The van der Waals surface area contributed by atoms with Crippen molar-refractivity contribution in [3.05, 3.63) is 94.9 Å². The van der Waals surface area contributed by atoms with Crippen molar-refractivity contribution in [2.75, 3.05) is 11.4 Å². The summed E-state index contributed by atoms with van der Waals surface area (Å²) in [6.07, 6.45) is 2.61. The highest BCUT2D eigenvalue weighted by Gasteiger charge is 2.34. The zero-order valence-electron chi connectivity index (χ0n) is 17.7. The summed E-state index contributed by atoms with van der Waals surface area (Å²) in [7, 11) is -4.18. The fourth-order valence-corrected chi connectivity index (χ4v) is 6.19. The van der Waals surface area contributed by atoms with Crippen LogP contribution in [0, 0.1) is 17.5 Å². The molecule has 0 spiro atoms. The van der Waals surface area contributed by atoms with Crippen molar-refractivity contribution < 1.29 is 21.6 Å². The largest absolute Gasteiger partial charge is 0.363 e. The van der Waals surface area contributed by atoms with Gasteiger partial charge in [0.05, 0.1) is 27.2 Å². The number of sulfone groups is 1. The van der Waals surface area contributed by atoms with E-state index < -0.39 is 21.5 Å². The minimum Gasteiger partial charge on any atom is -0.363 e. The first-order valence-electron chi connectivity index (χ1n) is 10.6. The fraction of sp³-hybridized carbons (Fsp3) is 0.160. The number of aromatic nitrogens is 1. The predicted octanol–water partition coefficient (Wildman–Crippen LogP) is 6.48. The molecule has 1 saturated heterocycles. The minimum absolute atomic E-state index is 0.113. The Morgan fingerprint density at radius 1 is 0.971 bits per heavy atom. The molecule has 5 rings (SSSR count).